The molecule has 0 heterocycles. The van der Waals surface area contributed by atoms with Crippen molar-refractivity contribution < 1.29 is 9.53 Å². The molecule has 0 aliphatic carbocycles. The average Bonchev–Trinajstić information content (AvgIpc) is 2.61. The van der Waals surface area contributed by atoms with Crippen LogP contribution in [0.5, 0.6) is 5.75 Å². The third-order valence-corrected chi connectivity index (χ3v) is 4.67. The molecule has 4 heteroatoms. The van der Waals surface area contributed by atoms with Gasteiger partial charge in [-0.3, -0.25) is 4.79 Å². The van der Waals surface area contributed by atoms with Crippen molar-refractivity contribution in [2.45, 2.75) is 39.2 Å². The highest BCUT2D eigenvalue weighted by atomic mass is 16.5. The van der Waals surface area contributed by atoms with Gasteiger partial charge in [0.25, 0.3) is 5.91 Å². The van der Waals surface area contributed by atoms with E-state index in [1.807, 2.05) is 45.3 Å². The first-order valence-corrected chi connectivity index (χ1v) is 9.40. The smallest absolute Gasteiger partial charge is 0.258 e. The molecule has 1 N–H and O–H groups in total. The molecule has 0 bridgehead atoms. The fourth-order valence-corrected chi connectivity index (χ4v) is 2.85. The Morgan fingerprint density at radius 2 is 1.63 bits per heavy atom. The van der Waals surface area contributed by atoms with Crippen LogP contribution >= 0.6 is 0 Å². The summed E-state index contributed by atoms with van der Waals surface area (Å²) >= 11 is 0. The maximum Gasteiger partial charge on any atom is 0.258 e. The number of ether oxygens (including phenoxy) is 1. The Labute approximate surface area is 163 Å². The van der Waals surface area contributed by atoms with Crippen molar-refractivity contribution in [2.75, 3.05) is 27.2 Å². The second-order valence-electron chi connectivity index (χ2n) is 8.26. The first-order chi connectivity index (χ1) is 12.7. The van der Waals surface area contributed by atoms with Crippen molar-refractivity contribution in [3.63, 3.8) is 0 Å². The third kappa shape index (κ3) is 6.40. The molecule has 27 heavy (non-hydrogen) atoms. The minimum absolute atomic E-state index is 0.0200. The van der Waals surface area contributed by atoms with E-state index in [2.05, 4.69) is 55.3 Å². The van der Waals surface area contributed by atoms with E-state index in [1.54, 1.807) is 0 Å². The number of nitrogens with one attached hydrogen (secondary N) is 1. The summed E-state index contributed by atoms with van der Waals surface area (Å²) in [6, 6.07) is 16.5. The molecule has 0 unspecified atom stereocenters. The van der Waals surface area contributed by atoms with Gasteiger partial charge < -0.3 is 15.0 Å². The van der Waals surface area contributed by atoms with E-state index >= 15 is 0 Å². The molecule has 0 saturated carbocycles. The van der Waals surface area contributed by atoms with E-state index in [1.165, 1.54) is 11.1 Å². The lowest BCUT2D eigenvalue weighted by Gasteiger charge is -2.26. The van der Waals surface area contributed by atoms with Gasteiger partial charge in [-0.1, -0.05) is 62.7 Å². The standard InChI is InChI=1S/C23H32N2O2/c1-17-7-13-20(14-8-17)27-16-22(26)24-15-21(25(5)6)18-9-11-19(12-10-18)23(2,3)4/h7-14,21H,15-16H2,1-6H3,(H,24,26)/t21-/m0/s1. The molecule has 2 aromatic rings. The number of hydrogen-bond acceptors (Lipinski definition) is 3. The lowest BCUT2D eigenvalue weighted by molar-refractivity contribution is -0.123. The molecule has 0 aliphatic rings. The number of amides is 1. The minimum atomic E-state index is -0.117. The van der Waals surface area contributed by atoms with Gasteiger partial charge in [0.2, 0.25) is 0 Å². The van der Waals surface area contributed by atoms with Crippen molar-refractivity contribution in [3.8, 4) is 5.75 Å². The van der Waals surface area contributed by atoms with E-state index in [4.69, 9.17) is 4.74 Å². The Bertz CT molecular complexity index is 728. The fourth-order valence-electron chi connectivity index (χ4n) is 2.85. The number of rotatable bonds is 7. The highest BCUT2D eigenvalue weighted by Crippen LogP contribution is 2.25. The number of hydrogen-bond donors (Lipinski definition) is 1. The topological polar surface area (TPSA) is 41.6 Å². The summed E-state index contributed by atoms with van der Waals surface area (Å²) in [5.41, 5.74) is 3.79. The van der Waals surface area contributed by atoms with Gasteiger partial charge in [0, 0.05) is 6.54 Å². The molecule has 0 radical (unpaired) electrons. The largest absolute Gasteiger partial charge is 0.484 e. The number of likely N-dealkylation sites (N-methyl/N-ethyl adjacent to an activating group) is 1. The van der Waals surface area contributed by atoms with Gasteiger partial charge in [-0.25, -0.2) is 0 Å². The molecule has 0 fully saturated rings. The molecule has 4 nitrogen and oxygen atoms in total. The van der Waals surface area contributed by atoms with Gasteiger partial charge in [-0.05, 0) is 49.7 Å². The maximum absolute atomic E-state index is 12.2. The van der Waals surface area contributed by atoms with Crippen molar-refractivity contribution in [3.05, 3.63) is 65.2 Å². The predicted molar refractivity (Wildman–Crippen MR) is 111 cm³/mol. The molecule has 146 valence electrons. The maximum atomic E-state index is 12.2. The Kier molecular flexibility index (Phi) is 7.03. The Morgan fingerprint density at radius 3 is 2.15 bits per heavy atom. The average molecular weight is 369 g/mol. The van der Waals surface area contributed by atoms with Crippen molar-refractivity contribution >= 4 is 5.91 Å². The van der Waals surface area contributed by atoms with E-state index in [0.717, 1.165) is 5.56 Å². The molecule has 2 rings (SSSR count). The van der Waals surface area contributed by atoms with Gasteiger partial charge in [0.05, 0.1) is 6.04 Å². The number of carbonyl (C=O) groups excluding carboxylic acids is 1. The zero-order chi connectivity index (χ0) is 20.0. The van der Waals surface area contributed by atoms with E-state index < -0.39 is 0 Å². The predicted octanol–water partition coefficient (Wildman–Crippen LogP) is 4.09. The molecule has 2 aromatic carbocycles. The highest BCUT2D eigenvalue weighted by Gasteiger charge is 2.18. The second-order valence-corrected chi connectivity index (χ2v) is 8.26. The summed E-state index contributed by atoms with van der Waals surface area (Å²) < 4.78 is 5.55. The molecular weight excluding hydrogens is 336 g/mol. The van der Waals surface area contributed by atoms with Gasteiger partial charge in [0.1, 0.15) is 5.75 Å². The quantitative estimate of drug-likeness (QED) is 0.800. The molecule has 1 atom stereocenters. The van der Waals surface area contributed by atoms with Crippen molar-refractivity contribution in [2.24, 2.45) is 0 Å². The summed E-state index contributed by atoms with van der Waals surface area (Å²) in [4.78, 5) is 14.3. The summed E-state index contributed by atoms with van der Waals surface area (Å²) in [5.74, 6) is 0.589. The van der Waals surface area contributed by atoms with E-state index in [-0.39, 0.29) is 24.0 Å². The van der Waals surface area contributed by atoms with Crippen LogP contribution in [-0.4, -0.2) is 38.1 Å². The van der Waals surface area contributed by atoms with Crippen LogP contribution in [0.1, 0.15) is 43.5 Å². The van der Waals surface area contributed by atoms with E-state index in [0.29, 0.717) is 12.3 Å². The summed E-state index contributed by atoms with van der Waals surface area (Å²) in [6.45, 7) is 9.20. The number of aryl methyl sites for hydroxylation is 1. The van der Waals surface area contributed by atoms with Gasteiger partial charge >= 0.3 is 0 Å². The van der Waals surface area contributed by atoms with Crippen LogP contribution in [0.15, 0.2) is 48.5 Å². The van der Waals surface area contributed by atoms with E-state index in [9.17, 15) is 4.79 Å². The van der Waals surface area contributed by atoms with Crippen LogP contribution < -0.4 is 10.1 Å². The summed E-state index contributed by atoms with van der Waals surface area (Å²) in [7, 11) is 4.05. The van der Waals surface area contributed by atoms with Crippen molar-refractivity contribution in [1.82, 2.24) is 10.2 Å². The van der Waals surface area contributed by atoms with Crippen LogP contribution in [0.3, 0.4) is 0 Å². The second kappa shape index (κ2) is 9.05. The summed E-state index contributed by atoms with van der Waals surface area (Å²) in [5, 5.41) is 2.98. The first kappa shape index (κ1) is 21.0. The zero-order valence-corrected chi connectivity index (χ0v) is 17.4. The lowest BCUT2D eigenvalue weighted by Crippen LogP contribution is -2.36. The number of benzene rings is 2. The highest BCUT2D eigenvalue weighted by molar-refractivity contribution is 5.77. The minimum Gasteiger partial charge on any atom is -0.484 e. The van der Waals surface area contributed by atoms with Crippen LogP contribution in [-0.2, 0) is 10.2 Å². The molecule has 1 amide bonds. The zero-order valence-electron chi connectivity index (χ0n) is 17.4. The SMILES string of the molecule is Cc1ccc(OCC(=O)NC[C@@H](c2ccc(C(C)(C)C)cc2)N(C)C)cc1. The third-order valence-electron chi connectivity index (χ3n) is 4.67. The first-order valence-electron chi connectivity index (χ1n) is 9.40. The molecule has 0 spiro atoms. The fraction of sp³-hybridized carbons (Fsp3) is 0.435. The molecule has 0 saturated heterocycles. The monoisotopic (exact) mass is 368 g/mol. The Morgan fingerprint density at radius 1 is 1.04 bits per heavy atom. The molecule has 0 aliphatic heterocycles. The van der Waals surface area contributed by atoms with Gasteiger partial charge in [-0.15, -0.1) is 0 Å². The Hall–Kier alpha value is -2.33. The Balaban J connectivity index is 1.92. The molecular formula is C23H32N2O2. The normalized spacial score (nSPS) is 12.7. The van der Waals surface area contributed by atoms with Crippen LogP contribution in [0, 0.1) is 6.92 Å². The van der Waals surface area contributed by atoms with Crippen LogP contribution in [0.4, 0.5) is 0 Å². The van der Waals surface area contributed by atoms with Gasteiger partial charge in [-0.2, -0.15) is 0 Å². The van der Waals surface area contributed by atoms with Crippen LogP contribution in [0.25, 0.3) is 0 Å². The van der Waals surface area contributed by atoms with Gasteiger partial charge in [0.15, 0.2) is 6.61 Å². The lowest BCUT2D eigenvalue weighted by atomic mass is 9.86. The number of nitrogens with zero attached hydrogens (tertiary/aromatic N) is 1. The summed E-state index contributed by atoms with van der Waals surface area (Å²) in [6.07, 6.45) is 0. The van der Waals surface area contributed by atoms with Crippen molar-refractivity contribution in [1.29, 1.82) is 0 Å². The number of carbonyl (C=O) groups is 1. The molecule has 0 aromatic heterocycles. The van der Waals surface area contributed by atoms with Crippen LogP contribution in [0.2, 0.25) is 0 Å².